The van der Waals surface area contributed by atoms with Gasteiger partial charge in [-0.2, -0.15) is 0 Å². The minimum Gasteiger partial charge on any atom is -0.463 e. The van der Waals surface area contributed by atoms with Crippen LogP contribution in [0, 0.1) is 23.7 Å². The Balaban J connectivity index is 0.000000241. The molecule has 2 amide bonds. The van der Waals surface area contributed by atoms with Crippen LogP contribution in [0.25, 0.3) is 0 Å². The van der Waals surface area contributed by atoms with Gasteiger partial charge in [0, 0.05) is 11.8 Å². The van der Waals surface area contributed by atoms with Crippen molar-refractivity contribution >= 4 is 23.6 Å². The van der Waals surface area contributed by atoms with Gasteiger partial charge in [0.1, 0.15) is 38.5 Å². The number of hydroxylamine groups is 4. The highest BCUT2D eigenvalue weighted by Crippen LogP contribution is 2.31. The summed E-state index contributed by atoms with van der Waals surface area (Å²) in [5.74, 6) is 0.648. The zero-order valence-corrected chi connectivity index (χ0v) is 38.9. The van der Waals surface area contributed by atoms with E-state index in [0.717, 1.165) is 47.9 Å². The molecule has 0 unspecified atom stereocenters. The number of rotatable bonds is 20. The summed E-state index contributed by atoms with van der Waals surface area (Å²) < 4.78 is 12.3. The summed E-state index contributed by atoms with van der Waals surface area (Å²) in [5.41, 5.74) is 4.01. The van der Waals surface area contributed by atoms with E-state index in [0.29, 0.717) is 38.2 Å². The molecule has 0 aromatic heterocycles. The van der Waals surface area contributed by atoms with Gasteiger partial charge in [-0.05, 0) is 57.2 Å². The van der Waals surface area contributed by atoms with E-state index in [1.807, 2.05) is 149 Å². The average molecular weight is 877 g/mol. The van der Waals surface area contributed by atoms with Crippen LogP contribution in [0.3, 0.4) is 0 Å². The van der Waals surface area contributed by atoms with Gasteiger partial charge in [-0.1, -0.05) is 190 Å². The van der Waals surface area contributed by atoms with Crippen LogP contribution < -0.4 is 0 Å². The van der Waals surface area contributed by atoms with Crippen LogP contribution in [0.15, 0.2) is 132 Å². The Morgan fingerprint density at radius 1 is 0.453 bits per heavy atom. The minimum absolute atomic E-state index is 0.0162. The van der Waals surface area contributed by atoms with Gasteiger partial charge >= 0.3 is 0 Å². The highest BCUT2D eigenvalue weighted by molar-refractivity contribution is 5.95. The van der Waals surface area contributed by atoms with Crippen LogP contribution in [0.5, 0.6) is 0 Å². The maximum absolute atomic E-state index is 13.4. The lowest BCUT2D eigenvalue weighted by atomic mass is 9.93. The van der Waals surface area contributed by atoms with Crippen molar-refractivity contribution in [1.82, 2.24) is 10.1 Å². The van der Waals surface area contributed by atoms with Crippen molar-refractivity contribution in [3.8, 4) is 0 Å². The summed E-state index contributed by atoms with van der Waals surface area (Å²) in [6, 6.07) is 38.4. The van der Waals surface area contributed by atoms with Crippen LogP contribution in [-0.2, 0) is 64.8 Å². The molecule has 2 fully saturated rings. The molecule has 8 atom stereocenters. The molecule has 12 heteroatoms. The van der Waals surface area contributed by atoms with Crippen LogP contribution in [0.1, 0.15) is 103 Å². The third-order valence-electron chi connectivity index (χ3n) is 12.0. The number of hydrogen-bond acceptors (Lipinski definition) is 10. The highest BCUT2D eigenvalue weighted by Gasteiger charge is 2.48. The molecule has 4 aromatic carbocycles. The lowest BCUT2D eigenvalue weighted by Gasteiger charge is -2.42. The van der Waals surface area contributed by atoms with Gasteiger partial charge in [-0.15, -0.1) is 0 Å². The lowest BCUT2D eigenvalue weighted by molar-refractivity contribution is -0.223. The molecule has 0 N–H and O–H groups in total. The molecular weight excluding hydrogens is 809 g/mol. The Labute approximate surface area is 380 Å². The molecule has 0 radical (unpaired) electrons. The summed E-state index contributed by atoms with van der Waals surface area (Å²) in [7, 11) is 0. The van der Waals surface area contributed by atoms with Crippen molar-refractivity contribution in [3.63, 3.8) is 0 Å². The fraction of sp³-hybridized carbons (Fsp3) is 0.462. The molecular formula is C52H68N4O8. The third-order valence-corrected chi connectivity index (χ3v) is 12.0. The third kappa shape index (κ3) is 13.6. The van der Waals surface area contributed by atoms with E-state index in [9.17, 15) is 9.59 Å². The quantitative estimate of drug-likeness (QED) is 0.0805. The highest BCUT2D eigenvalue weighted by atomic mass is 16.7. The van der Waals surface area contributed by atoms with E-state index in [4.69, 9.17) is 28.8 Å². The predicted octanol–water partition coefficient (Wildman–Crippen LogP) is 10.7. The van der Waals surface area contributed by atoms with E-state index in [1.165, 1.54) is 10.1 Å². The van der Waals surface area contributed by atoms with Gasteiger partial charge in [-0.25, -0.2) is 10.1 Å². The lowest BCUT2D eigenvalue weighted by Crippen LogP contribution is -2.60. The van der Waals surface area contributed by atoms with Crippen molar-refractivity contribution in [2.24, 2.45) is 34.0 Å². The zero-order chi connectivity index (χ0) is 45.8. The van der Waals surface area contributed by atoms with Crippen LogP contribution in [0.4, 0.5) is 0 Å². The molecule has 12 nitrogen and oxygen atoms in total. The van der Waals surface area contributed by atoms with Gasteiger partial charge in [0.25, 0.3) is 23.6 Å². The van der Waals surface area contributed by atoms with Crippen LogP contribution >= 0.6 is 0 Å². The Hall–Kier alpha value is -5.72. The second kappa shape index (κ2) is 25.5. The van der Waals surface area contributed by atoms with Gasteiger partial charge in [0.05, 0.1) is 0 Å². The van der Waals surface area contributed by atoms with Crippen molar-refractivity contribution in [2.45, 2.75) is 132 Å². The summed E-state index contributed by atoms with van der Waals surface area (Å²) in [6.45, 7) is 17.6. The Morgan fingerprint density at radius 3 is 1.02 bits per heavy atom. The smallest absolute Gasteiger partial charge is 0.288 e. The molecule has 6 rings (SSSR count). The molecule has 0 spiro atoms. The number of oxime groups is 2. The molecule has 2 heterocycles. The van der Waals surface area contributed by atoms with Gasteiger partial charge in [0.15, 0.2) is 12.2 Å². The monoisotopic (exact) mass is 877 g/mol. The van der Waals surface area contributed by atoms with E-state index < -0.39 is 24.3 Å². The largest absolute Gasteiger partial charge is 0.463 e. The molecule has 2 aliphatic rings. The van der Waals surface area contributed by atoms with Crippen molar-refractivity contribution < 1.29 is 38.4 Å². The fourth-order valence-electron chi connectivity index (χ4n) is 7.13. The minimum atomic E-state index is -0.657. The first-order chi connectivity index (χ1) is 31.1. The second-order valence-corrected chi connectivity index (χ2v) is 16.7. The molecule has 0 aliphatic carbocycles. The molecule has 64 heavy (non-hydrogen) atoms. The first-order valence-corrected chi connectivity index (χ1v) is 22.9. The van der Waals surface area contributed by atoms with Gasteiger partial charge in [-0.3, -0.25) is 19.3 Å². The summed E-state index contributed by atoms with van der Waals surface area (Å²) in [5, 5.41) is 11.7. The van der Waals surface area contributed by atoms with Crippen molar-refractivity contribution in [1.29, 1.82) is 0 Å². The van der Waals surface area contributed by atoms with Crippen molar-refractivity contribution in [3.05, 3.63) is 144 Å². The number of carbonyl (C=O) groups is 2. The number of morpholine rings is 2. The van der Waals surface area contributed by atoms with Crippen LogP contribution in [-0.4, -0.2) is 58.0 Å². The SMILES string of the molecule is CC[C@@H](C)[C@@H]1/C(=N/OCc2ccccc2)O[C@@H]([C@@H](C)CC)C(=O)N1OCc1ccccc1.CC[C@@H](C)[C@H]1/C(=N/OCc2ccccc2)O[C@H]([C@@H](C)CC)C(=O)N1OCc1ccccc1. The second-order valence-electron chi connectivity index (χ2n) is 16.7. The number of benzene rings is 4. The number of amides is 2. The van der Waals surface area contributed by atoms with Crippen LogP contribution in [0.2, 0.25) is 0 Å². The molecule has 2 saturated heterocycles. The number of nitrogens with zero attached hydrogens (tertiary/aromatic N) is 4. The standard InChI is InChI=1S/2C26H34N2O4/c2*1-5-19(3)23-25(27-30-17-21-13-9-7-10-14-21)32-24(20(4)6-2)26(29)28(23)31-18-22-15-11-8-12-16-22/h2*7-16,19-20,23-24H,5-6,17-18H2,1-4H3/b2*27-25-/t19-,20+,23+,24-;19-,20+,23-,24+/m11/s1. The number of ether oxygens (including phenoxy) is 2. The number of carbonyl (C=O) groups excluding carboxylic acids is 2. The first kappa shape index (κ1) is 49.3. The fourth-order valence-corrected chi connectivity index (χ4v) is 7.13. The van der Waals surface area contributed by atoms with Gasteiger partial charge < -0.3 is 19.1 Å². The summed E-state index contributed by atoms with van der Waals surface area (Å²) in [4.78, 5) is 50.3. The Bertz CT molecular complexity index is 1890. The number of hydrogen-bond donors (Lipinski definition) is 0. The molecule has 0 bridgehead atoms. The first-order valence-electron chi connectivity index (χ1n) is 22.9. The molecule has 344 valence electrons. The zero-order valence-electron chi connectivity index (χ0n) is 38.9. The van der Waals surface area contributed by atoms with E-state index in [1.54, 1.807) is 0 Å². The Kier molecular flexibility index (Phi) is 19.7. The van der Waals surface area contributed by atoms with Crippen molar-refractivity contribution in [2.75, 3.05) is 0 Å². The van der Waals surface area contributed by atoms with E-state index in [-0.39, 0.29) is 35.5 Å². The maximum Gasteiger partial charge on any atom is 0.288 e. The normalized spacial score (nSPS) is 21.8. The van der Waals surface area contributed by atoms with E-state index >= 15 is 0 Å². The van der Waals surface area contributed by atoms with Gasteiger partial charge in [0.2, 0.25) is 0 Å². The average Bonchev–Trinajstić information content (AvgIpc) is 3.34. The molecule has 0 saturated carbocycles. The summed E-state index contributed by atoms with van der Waals surface area (Å²) >= 11 is 0. The van der Waals surface area contributed by atoms with E-state index in [2.05, 4.69) is 38.0 Å². The maximum atomic E-state index is 13.4. The molecule has 4 aromatic rings. The predicted molar refractivity (Wildman–Crippen MR) is 249 cm³/mol. The molecule has 2 aliphatic heterocycles. The Morgan fingerprint density at radius 2 is 0.734 bits per heavy atom. The summed E-state index contributed by atoms with van der Waals surface area (Å²) in [6.07, 6.45) is 1.95. The topological polar surface area (TPSA) is 121 Å².